The molecule has 128 valence electrons. The molecule has 4 heteroatoms. The summed E-state index contributed by atoms with van der Waals surface area (Å²) in [5.41, 5.74) is 1.25. The fraction of sp³-hybridized carbons (Fsp3) is 0.526. The maximum atomic E-state index is 13.8. The normalized spacial score (nSPS) is 11.5. The molecular formula is C19H27FIO2+. The van der Waals surface area contributed by atoms with Crippen LogP contribution in [0.25, 0.3) is 0 Å². The first-order valence-electron chi connectivity index (χ1n) is 8.26. The molecule has 0 spiro atoms. The summed E-state index contributed by atoms with van der Waals surface area (Å²) in [6, 6.07) is 8.37. The molecule has 0 aliphatic carbocycles. The summed E-state index contributed by atoms with van der Waals surface area (Å²) >= 11 is -0.347. The summed E-state index contributed by atoms with van der Waals surface area (Å²) in [7, 11) is 0. The molecule has 0 saturated carbocycles. The van der Waals surface area contributed by atoms with E-state index in [4.69, 9.17) is 4.74 Å². The van der Waals surface area contributed by atoms with Gasteiger partial charge in [0.2, 0.25) is 0 Å². The van der Waals surface area contributed by atoms with Gasteiger partial charge in [-0.2, -0.15) is 0 Å². The molecule has 1 rings (SSSR count). The van der Waals surface area contributed by atoms with Crippen LogP contribution in [-0.2, 0) is 9.53 Å². The van der Waals surface area contributed by atoms with Crippen LogP contribution in [0.4, 0.5) is 4.39 Å². The Morgan fingerprint density at radius 2 is 1.70 bits per heavy atom. The maximum Gasteiger partial charge on any atom is 0.352 e. The third kappa shape index (κ3) is 11.3. The SMILES string of the molecule is CC(=O)OCCCCCCCC/C(F)=C\[I+]c1ccc(C)cc1. The molecule has 0 aliphatic heterocycles. The van der Waals surface area contributed by atoms with Crippen molar-refractivity contribution in [1.29, 1.82) is 0 Å². The van der Waals surface area contributed by atoms with E-state index in [9.17, 15) is 9.18 Å². The molecule has 0 saturated heterocycles. The van der Waals surface area contributed by atoms with Gasteiger partial charge in [-0.1, -0.05) is 43.4 Å². The van der Waals surface area contributed by atoms with Gasteiger partial charge in [-0.15, -0.1) is 0 Å². The molecule has 0 amide bonds. The van der Waals surface area contributed by atoms with Gasteiger partial charge in [0.15, 0.2) is 7.65 Å². The lowest BCUT2D eigenvalue weighted by Crippen LogP contribution is -3.59. The number of hydrogen-bond donors (Lipinski definition) is 0. The van der Waals surface area contributed by atoms with E-state index < -0.39 is 0 Å². The summed E-state index contributed by atoms with van der Waals surface area (Å²) in [6.45, 7) is 4.02. The zero-order valence-electron chi connectivity index (χ0n) is 14.1. The highest BCUT2D eigenvalue weighted by molar-refractivity contribution is 5.65. The summed E-state index contributed by atoms with van der Waals surface area (Å²) < 4.78 is 21.7. The van der Waals surface area contributed by atoms with Crippen LogP contribution in [0.3, 0.4) is 0 Å². The van der Waals surface area contributed by atoms with Crippen LogP contribution < -0.4 is 21.2 Å². The van der Waals surface area contributed by atoms with Crippen molar-refractivity contribution in [2.75, 3.05) is 6.61 Å². The zero-order valence-corrected chi connectivity index (χ0v) is 16.3. The quantitative estimate of drug-likeness (QED) is 0.304. The third-order valence-electron chi connectivity index (χ3n) is 3.43. The van der Waals surface area contributed by atoms with Crippen molar-refractivity contribution in [2.24, 2.45) is 0 Å². The Kier molecular flexibility index (Phi) is 10.9. The largest absolute Gasteiger partial charge is 0.466 e. The van der Waals surface area contributed by atoms with Crippen LogP contribution in [0.1, 0.15) is 57.4 Å². The molecule has 0 atom stereocenters. The third-order valence-corrected chi connectivity index (χ3v) is 5.85. The number of carbonyl (C=O) groups is 1. The van der Waals surface area contributed by atoms with Gasteiger partial charge in [0.1, 0.15) is 5.83 Å². The van der Waals surface area contributed by atoms with E-state index in [-0.39, 0.29) is 33.0 Å². The van der Waals surface area contributed by atoms with Crippen LogP contribution in [0.15, 0.2) is 34.2 Å². The Hall–Kier alpha value is -0.910. The molecule has 0 aromatic heterocycles. The predicted octanol–water partition coefficient (Wildman–Crippen LogP) is 2.36. The molecule has 1 aromatic carbocycles. The minimum atomic E-state index is -0.347. The molecule has 0 fully saturated rings. The maximum absolute atomic E-state index is 13.8. The molecule has 2 nitrogen and oxygen atoms in total. The van der Waals surface area contributed by atoms with Gasteiger partial charge in [-0.3, -0.25) is 4.79 Å². The van der Waals surface area contributed by atoms with Crippen molar-refractivity contribution in [3.05, 3.63) is 43.3 Å². The van der Waals surface area contributed by atoms with Gasteiger partial charge in [-0.05, 0) is 31.9 Å². The first-order chi connectivity index (χ1) is 11.1. The molecule has 23 heavy (non-hydrogen) atoms. The second-order valence-corrected chi connectivity index (χ2v) is 8.16. The van der Waals surface area contributed by atoms with Crippen LogP contribution in [0.5, 0.6) is 0 Å². The van der Waals surface area contributed by atoms with E-state index in [0.717, 1.165) is 38.5 Å². The number of halogens is 2. The molecule has 0 unspecified atom stereocenters. The molecule has 0 N–H and O–H groups in total. The monoisotopic (exact) mass is 433 g/mol. The van der Waals surface area contributed by atoms with Gasteiger partial charge in [0.05, 0.1) is 6.61 Å². The zero-order chi connectivity index (χ0) is 16.9. The fourth-order valence-corrected chi connectivity index (χ4v) is 3.89. The number of carbonyl (C=O) groups excluding carboxylic acids is 1. The Bertz CT molecular complexity index is 483. The average molecular weight is 433 g/mol. The highest BCUT2D eigenvalue weighted by atomic mass is 127. The Morgan fingerprint density at radius 3 is 2.35 bits per heavy atom. The lowest BCUT2D eigenvalue weighted by Gasteiger charge is -2.02. The average Bonchev–Trinajstić information content (AvgIpc) is 2.52. The van der Waals surface area contributed by atoms with E-state index in [1.54, 1.807) is 0 Å². The minimum Gasteiger partial charge on any atom is -0.466 e. The van der Waals surface area contributed by atoms with Crippen LogP contribution in [-0.4, -0.2) is 12.6 Å². The Labute approximate surface area is 149 Å². The summed E-state index contributed by atoms with van der Waals surface area (Å²) in [5, 5.41) is 0. The highest BCUT2D eigenvalue weighted by Crippen LogP contribution is 2.11. The van der Waals surface area contributed by atoms with Gasteiger partial charge in [0, 0.05) is 13.3 Å². The second-order valence-electron chi connectivity index (χ2n) is 5.67. The fourth-order valence-electron chi connectivity index (χ4n) is 2.10. The summed E-state index contributed by atoms with van der Waals surface area (Å²) in [5.74, 6) is -0.158. The second kappa shape index (κ2) is 12.5. The van der Waals surface area contributed by atoms with E-state index in [1.165, 1.54) is 16.1 Å². The van der Waals surface area contributed by atoms with Crippen LogP contribution in [0, 0.1) is 10.5 Å². The molecular weight excluding hydrogens is 406 g/mol. The highest BCUT2D eigenvalue weighted by Gasteiger charge is 2.10. The molecule has 0 aliphatic rings. The van der Waals surface area contributed by atoms with E-state index in [2.05, 4.69) is 31.2 Å². The van der Waals surface area contributed by atoms with Crippen molar-refractivity contribution in [1.82, 2.24) is 0 Å². The number of aryl methyl sites for hydroxylation is 1. The van der Waals surface area contributed by atoms with E-state index in [0.29, 0.717) is 13.0 Å². The van der Waals surface area contributed by atoms with Crippen molar-refractivity contribution < 1.29 is 35.1 Å². The van der Waals surface area contributed by atoms with Crippen LogP contribution >= 0.6 is 0 Å². The lowest BCUT2D eigenvalue weighted by atomic mass is 10.1. The van der Waals surface area contributed by atoms with Crippen LogP contribution in [0.2, 0.25) is 0 Å². The Balaban J connectivity index is 2.01. The number of ether oxygens (including phenoxy) is 1. The first-order valence-corrected chi connectivity index (χ1v) is 10.6. The van der Waals surface area contributed by atoms with E-state index >= 15 is 0 Å². The first kappa shape index (κ1) is 20.1. The predicted molar refractivity (Wildman–Crippen MR) is 88.0 cm³/mol. The topological polar surface area (TPSA) is 26.3 Å². The number of hydrogen-bond acceptors (Lipinski definition) is 2. The smallest absolute Gasteiger partial charge is 0.352 e. The van der Waals surface area contributed by atoms with E-state index in [1.807, 2.05) is 4.08 Å². The van der Waals surface area contributed by atoms with Gasteiger partial charge in [0.25, 0.3) is 0 Å². The standard InChI is InChI=1S/C19H27FIO2/c1-16-10-12-19(13-11-16)21-15-18(20)9-7-5-3-4-6-8-14-23-17(2)22/h10-13,15H,3-9,14H2,1-2H3/q+1/b18-15+. The van der Waals surface area contributed by atoms with Crippen molar-refractivity contribution >= 4 is 5.97 Å². The number of unbranched alkanes of at least 4 members (excludes halogenated alkanes) is 5. The molecule has 1 aromatic rings. The summed E-state index contributed by atoms with van der Waals surface area (Å²) in [6.07, 6.45) is 6.81. The Morgan fingerprint density at radius 1 is 1.09 bits per heavy atom. The number of esters is 1. The van der Waals surface area contributed by atoms with Crippen molar-refractivity contribution in [3.8, 4) is 0 Å². The van der Waals surface area contributed by atoms with Gasteiger partial charge >= 0.3 is 27.2 Å². The van der Waals surface area contributed by atoms with Crippen molar-refractivity contribution in [2.45, 2.75) is 58.8 Å². The van der Waals surface area contributed by atoms with Gasteiger partial charge in [-0.25, -0.2) is 4.39 Å². The molecule has 0 radical (unpaired) electrons. The minimum absolute atomic E-state index is 0.0493. The van der Waals surface area contributed by atoms with Gasteiger partial charge < -0.3 is 4.74 Å². The number of allylic oxidation sites excluding steroid dienone is 1. The molecule has 0 heterocycles. The molecule has 0 bridgehead atoms. The number of benzene rings is 1. The lowest BCUT2D eigenvalue weighted by molar-refractivity contribution is -0.558. The summed E-state index contributed by atoms with van der Waals surface area (Å²) in [4.78, 5) is 10.6. The number of rotatable bonds is 11. The van der Waals surface area contributed by atoms with Crippen molar-refractivity contribution in [3.63, 3.8) is 0 Å².